The fraction of sp³-hybridized carbons (Fsp3) is 0.500. The highest BCUT2D eigenvalue weighted by Crippen LogP contribution is 2.10. The van der Waals surface area contributed by atoms with Gasteiger partial charge in [-0.15, -0.1) is 0 Å². The third-order valence-corrected chi connectivity index (χ3v) is 2.90. The minimum absolute atomic E-state index is 1.24. The Labute approximate surface area is 100 Å². The van der Waals surface area contributed by atoms with Crippen LogP contribution in [0.5, 0.6) is 0 Å². The first-order valence-corrected chi connectivity index (χ1v) is 6.49. The van der Waals surface area contributed by atoms with Crippen LogP contribution in [0.4, 0.5) is 0 Å². The van der Waals surface area contributed by atoms with E-state index >= 15 is 0 Å². The van der Waals surface area contributed by atoms with Crippen molar-refractivity contribution >= 4 is 0 Å². The topological polar surface area (TPSA) is 0 Å². The zero-order valence-corrected chi connectivity index (χ0v) is 10.7. The monoisotopic (exact) mass is 216 g/mol. The fourth-order valence-electron chi connectivity index (χ4n) is 1.98. The Morgan fingerprint density at radius 1 is 1.06 bits per heavy atom. The van der Waals surface area contributed by atoms with Gasteiger partial charge in [0.1, 0.15) is 0 Å². The van der Waals surface area contributed by atoms with E-state index in [9.17, 15) is 0 Å². The fourth-order valence-corrected chi connectivity index (χ4v) is 1.98. The highest BCUT2D eigenvalue weighted by molar-refractivity contribution is 5.22. The van der Waals surface area contributed by atoms with Crippen LogP contribution in [0, 0.1) is 6.92 Å². The molecular weight excluding hydrogens is 192 g/mol. The Morgan fingerprint density at radius 3 is 2.62 bits per heavy atom. The molecule has 0 amide bonds. The summed E-state index contributed by atoms with van der Waals surface area (Å²) < 4.78 is 0. The summed E-state index contributed by atoms with van der Waals surface area (Å²) >= 11 is 0. The molecule has 0 aliphatic rings. The third kappa shape index (κ3) is 5.75. The van der Waals surface area contributed by atoms with Gasteiger partial charge < -0.3 is 0 Å². The molecule has 0 bridgehead atoms. The predicted octanol–water partition coefficient (Wildman–Crippen LogP) is 5.06. The Bertz CT molecular complexity index is 310. The highest BCUT2D eigenvalue weighted by atomic mass is 14.0. The molecule has 0 saturated heterocycles. The molecule has 1 rings (SSSR count). The minimum Gasteiger partial charge on any atom is -0.0917 e. The lowest BCUT2D eigenvalue weighted by atomic mass is 10.0. The maximum absolute atomic E-state index is 2.31. The van der Waals surface area contributed by atoms with Gasteiger partial charge in [-0.05, 0) is 45.1 Å². The van der Waals surface area contributed by atoms with Gasteiger partial charge in [0.05, 0.1) is 0 Å². The van der Waals surface area contributed by atoms with Crippen LogP contribution < -0.4 is 0 Å². The lowest BCUT2D eigenvalue weighted by molar-refractivity contribution is 0.646. The number of aryl methyl sites for hydroxylation is 2. The van der Waals surface area contributed by atoms with Gasteiger partial charge in [0.2, 0.25) is 0 Å². The molecule has 1 aromatic rings. The molecule has 0 aliphatic heterocycles. The Balaban J connectivity index is 2.07. The van der Waals surface area contributed by atoms with Crippen molar-refractivity contribution in [1.82, 2.24) is 0 Å². The number of unbranched alkanes of at least 4 members (excludes halogenated alkanes) is 4. The summed E-state index contributed by atoms with van der Waals surface area (Å²) in [7, 11) is 0. The van der Waals surface area contributed by atoms with Gasteiger partial charge in [-0.1, -0.05) is 54.8 Å². The number of benzene rings is 1. The lowest BCUT2D eigenvalue weighted by Crippen LogP contribution is -1.86. The molecule has 88 valence electrons. The second-order valence-electron chi connectivity index (χ2n) is 4.51. The number of hydrogen-bond donors (Lipinski definition) is 0. The molecular formula is C16H24. The van der Waals surface area contributed by atoms with E-state index in [0.29, 0.717) is 0 Å². The summed E-state index contributed by atoms with van der Waals surface area (Å²) in [5.74, 6) is 0. The molecule has 0 heterocycles. The van der Waals surface area contributed by atoms with Gasteiger partial charge >= 0.3 is 0 Å². The van der Waals surface area contributed by atoms with Gasteiger partial charge in [0.15, 0.2) is 0 Å². The van der Waals surface area contributed by atoms with Crippen molar-refractivity contribution in [2.24, 2.45) is 0 Å². The molecule has 0 nitrogen and oxygen atoms in total. The van der Waals surface area contributed by atoms with Crippen molar-refractivity contribution < 1.29 is 0 Å². The van der Waals surface area contributed by atoms with Gasteiger partial charge in [-0.2, -0.15) is 0 Å². The largest absolute Gasteiger partial charge is 0.0917 e. The highest BCUT2D eigenvalue weighted by Gasteiger charge is 1.94. The molecule has 0 aromatic heterocycles. The van der Waals surface area contributed by atoms with E-state index in [-0.39, 0.29) is 0 Å². The van der Waals surface area contributed by atoms with Crippen LogP contribution in [0.1, 0.15) is 50.2 Å². The van der Waals surface area contributed by atoms with Crippen LogP contribution >= 0.6 is 0 Å². The van der Waals surface area contributed by atoms with Gasteiger partial charge in [-0.3, -0.25) is 0 Å². The summed E-state index contributed by atoms with van der Waals surface area (Å²) in [4.78, 5) is 0. The van der Waals surface area contributed by atoms with Crippen molar-refractivity contribution in [2.75, 3.05) is 0 Å². The summed E-state index contributed by atoms with van der Waals surface area (Å²) in [5.41, 5.74) is 2.87. The SMILES string of the molecule is C/C=C/CCCCCCc1cccc(C)c1. The normalized spacial score (nSPS) is 11.1. The molecule has 16 heavy (non-hydrogen) atoms. The molecule has 1 aromatic carbocycles. The average molecular weight is 216 g/mol. The molecule has 0 radical (unpaired) electrons. The summed E-state index contributed by atoms with van der Waals surface area (Å²) in [6.07, 6.45) is 12.3. The summed E-state index contributed by atoms with van der Waals surface area (Å²) in [6.45, 7) is 4.26. The Hall–Kier alpha value is -1.04. The van der Waals surface area contributed by atoms with Crippen LogP contribution in [0.3, 0.4) is 0 Å². The molecule has 0 aliphatic carbocycles. The first-order chi connectivity index (χ1) is 7.83. The second kappa shape index (κ2) is 8.15. The summed E-state index contributed by atoms with van der Waals surface area (Å²) in [6, 6.07) is 8.88. The van der Waals surface area contributed by atoms with Gasteiger partial charge in [0, 0.05) is 0 Å². The molecule has 0 unspecified atom stereocenters. The second-order valence-corrected chi connectivity index (χ2v) is 4.51. The van der Waals surface area contributed by atoms with E-state index in [2.05, 4.69) is 50.3 Å². The van der Waals surface area contributed by atoms with Crippen molar-refractivity contribution in [1.29, 1.82) is 0 Å². The van der Waals surface area contributed by atoms with Crippen molar-refractivity contribution in [3.63, 3.8) is 0 Å². The zero-order chi connectivity index (χ0) is 11.6. The lowest BCUT2D eigenvalue weighted by Gasteiger charge is -2.02. The van der Waals surface area contributed by atoms with E-state index in [0.717, 1.165) is 0 Å². The molecule has 0 N–H and O–H groups in total. The third-order valence-electron chi connectivity index (χ3n) is 2.90. The minimum atomic E-state index is 1.24. The first-order valence-electron chi connectivity index (χ1n) is 6.49. The van der Waals surface area contributed by atoms with Crippen LogP contribution in [-0.2, 0) is 6.42 Å². The van der Waals surface area contributed by atoms with Crippen LogP contribution in [-0.4, -0.2) is 0 Å². The van der Waals surface area contributed by atoms with Crippen LogP contribution in [0.25, 0.3) is 0 Å². The number of rotatable bonds is 7. The van der Waals surface area contributed by atoms with Crippen molar-refractivity contribution in [3.8, 4) is 0 Å². The van der Waals surface area contributed by atoms with E-state index in [1.54, 1.807) is 0 Å². The van der Waals surface area contributed by atoms with Crippen molar-refractivity contribution in [2.45, 2.75) is 52.4 Å². The Morgan fingerprint density at radius 2 is 1.88 bits per heavy atom. The van der Waals surface area contributed by atoms with Crippen molar-refractivity contribution in [3.05, 3.63) is 47.5 Å². The van der Waals surface area contributed by atoms with E-state index in [1.807, 2.05) is 0 Å². The maximum Gasteiger partial charge on any atom is -0.0279 e. The molecule has 0 spiro atoms. The summed E-state index contributed by atoms with van der Waals surface area (Å²) in [5, 5.41) is 0. The molecule has 0 fully saturated rings. The standard InChI is InChI=1S/C16H24/c1-3-4-5-6-7-8-9-12-16-13-10-11-15(2)14-16/h3-4,10-11,13-14H,5-9,12H2,1-2H3/b4-3+. The first kappa shape index (κ1) is 13.0. The zero-order valence-electron chi connectivity index (χ0n) is 10.7. The number of allylic oxidation sites excluding steroid dienone is 2. The average Bonchev–Trinajstić information content (AvgIpc) is 2.28. The van der Waals surface area contributed by atoms with Crippen LogP contribution in [0.2, 0.25) is 0 Å². The van der Waals surface area contributed by atoms with E-state index in [1.165, 1.54) is 49.7 Å². The number of hydrogen-bond acceptors (Lipinski definition) is 0. The maximum atomic E-state index is 2.31. The molecule has 0 atom stereocenters. The van der Waals surface area contributed by atoms with E-state index in [4.69, 9.17) is 0 Å². The van der Waals surface area contributed by atoms with E-state index < -0.39 is 0 Å². The van der Waals surface area contributed by atoms with Gasteiger partial charge in [-0.25, -0.2) is 0 Å². The predicted molar refractivity (Wildman–Crippen MR) is 72.8 cm³/mol. The van der Waals surface area contributed by atoms with Crippen LogP contribution in [0.15, 0.2) is 36.4 Å². The quantitative estimate of drug-likeness (QED) is 0.441. The smallest absolute Gasteiger partial charge is 0.0279 e. The molecule has 0 saturated carbocycles. The molecule has 0 heteroatoms. The van der Waals surface area contributed by atoms with Gasteiger partial charge in [0.25, 0.3) is 0 Å². The Kier molecular flexibility index (Phi) is 6.64.